The van der Waals surface area contributed by atoms with E-state index in [0.29, 0.717) is 29.9 Å². The molecule has 3 N–H and O–H groups in total. The van der Waals surface area contributed by atoms with Gasteiger partial charge in [0, 0.05) is 35.8 Å². The SMILES string of the molecule is Cc1ccccc1C(=O)Nc1ccc(C(=O)NCCNC(=O)C2CC2)cc1. The van der Waals surface area contributed by atoms with Gasteiger partial charge in [-0.3, -0.25) is 14.4 Å². The number of rotatable bonds is 7. The van der Waals surface area contributed by atoms with Crippen LogP contribution in [0.2, 0.25) is 0 Å². The molecular weight excluding hydrogens is 342 g/mol. The zero-order chi connectivity index (χ0) is 19.2. The highest BCUT2D eigenvalue weighted by atomic mass is 16.2. The van der Waals surface area contributed by atoms with E-state index in [1.165, 1.54) is 0 Å². The van der Waals surface area contributed by atoms with E-state index in [4.69, 9.17) is 0 Å². The maximum absolute atomic E-state index is 12.3. The van der Waals surface area contributed by atoms with Crippen molar-refractivity contribution in [2.45, 2.75) is 19.8 Å². The lowest BCUT2D eigenvalue weighted by Crippen LogP contribution is -2.35. The van der Waals surface area contributed by atoms with Gasteiger partial charge in [0.2, 0.25) is 5.91 Å². The normalized spacial score (nSPS) is 12.9. The van der Waals surface area contributed by atoms with E-state index in [9.17, 15) is 14.4 Å². The molecule has 1 aliphatic carbocycles. The summed E-state index contributed by atoms with van der Waals surface area (Å²) in [6.45, 7) is 2.68. The number of anilines is 1. The molecule has 27 heavy (non-hydrogen) atoms. The minimum atomic E-state index is -0.215. The summed E-state index contributed by atoms with van der Waals surface area (Å²) in [6, 6.07) is 14.1. The Bertz CT molecular complexity index is 842. The fourth-order valence-electron chi connectivity index (χ4n) is 2.68. The molecule has 0 saturated heterocycles. The molecule has 0 aliphatic heterocycles. The van der Waals surface area contributed by atoms with Gasteiger partial charge in [0.25, 0.3) is 11.8 Å². The minimum Gasteiger partial charge on any atom is -0.354 e. The molecule has 0 heterocycles. The van der Waals surface area contributed by atoms with Gasteiger partial charge in [0.05, 0.1) is 0 Å². The zero-order valence-corrected chi connectivity index (χ0v) is 15.2. The molecule has 1 saturated carbocycles. The summed E-state index contributed by atoms with van der Waals surface area (Å²) in [7, 11) is 0. The Kier molecular flexibility index (Phi) is 5.86. The summed E-state index contributed by atoms with van der Waals surface area (Å²) in [6.07, 6.45) is 1.93. The van der Waals surface area contributed by atoms with Crippen molar-refractivity contribution in [3.63, 3.8) is 0 Å². The standard InChI is InChI=1S/C21H23N3O3/c1-14-4-2-3-5-18(14)21(27)24-17-10-8-16(9-11-17)20(26)23-13-12-22-19(25)15-6-7-15/h2-5,8-11,15H,6-7,12-13H2,1H3,(H,22,25)(H,23,26)(H,24,27). The van der Waals surface area contributed by atoms with Crippen molar-refractivity contribution in [1.82, 2.24) is 10.6 Å². The van der Waals surface area contributed by atoms with Crippen molar-refractivity contribution in [2.75, 3.05) is 18.4 Å². The van der Waals surface area contributed by atoms with Crippen LogP contribution >= 0.6 is 0 Å². The third kappa shape index (κ3) is 5.17. The predicted octanol–water partition coefficient (Wildman–Crippen LogP) is 2.50. The highest BCUT2D eigenvalue weighted by molar-refractivity contribution is 6.05. The number of hydrogen-bond acceptors (Lipinski definition) is 3. The van der Waals surface area contributed by atoms with Crippen molar-refractivity contribution in [2.24, 2.45) is 5.92 Å². The van der Waals surface area contributed by atoms with Crippen LogP contribution < -0.4 is 16.0 Å². The number of benzene rings is 2. The Hall–Kier alpha value is -3.15. The van der Waals surface area contributed by atoms with E-state index in [2.05, 4.69) is 16.0 Å². The lowest BCUT2D eigenvalue weighted by Gasteiger charge is -2.09. The third-order valence-corrected chi connectivity index (χ3v) is 4.45. The van der Waals surface area contributed by atoms with Crippen molar-refractivity contribution in [3.8, 4) is 0 Å². The van der Waals surface area contributed by atoms with E-state index < -0.39 is 0 Å². The Morgan fingerprint density at radius 3 is 2.22 bits per heavy atom. The molecule has 3 amide bonds. The largest absolute Gasteiger partial charge is 0.354 e. The predicted molar refractivity (Wildman–Crippen MR) is 104 cm³/mol. The van der Waals surface area contributed by atoms with Crippen LogP contribution in [0.3, 0.4) is 0 Å². The van der Waals surface area contributed by atoms with Crippen molar-refractivity contribution in [1.29, 1.82) is 0 Å². The number of carbonyl (C=O) groups excluding carboxylic acids is 3. The maximum atomic E-state index is 12.3. The second kappa shape index (κ2) is 8.49. The number of hydrogen-bond donors (Lipinski definition) is 3. The third-order valence-electron chi connectivity index (χ3n) is 4.45. The van der Waals surface area contributed by atoms with Crippen LogP contribution in [0.25, 0.3) is 0 Å². The smallest absolute Gasteiger partial charge is 0.255 e. The molecule has 0 spiro atoms. The number of aryl methyl sites for hydroxylation is 1. The number of amides is 3. The lowest BCUT2D eigenvalue weighted by atomic mass is 10.1. The molecule has 1 aliphatic rings. The van der Waals surface area contributed by atoms with E-state index in [-0.39, 0.29) is 23.6 Å². The van der Waals surface area contributed by atoms with Gasteiger partial charge in [0.15, 0.2) is 0 Å². The molecule has 0 radical (unpaired) electrons. The minimum absolute atomic E-state index is 0.0676. The molecule has 2 aromatic carbocycles. The summed E-state index contributed by atoms with van der Waals surface area (Å²) in [5.74, 6) is -0.162. The van der Waals surface area contributed by atoms with Crippen molar-refractivity contribution < 1.29 is 14.4 Å². The highest BCUT2D eigenvalue weighted by Crippen LogP contribution is 2.28. The van der Waals surface area contributed by atoms with E-state index in [1.807, 2.05) is 25.1 Å². The van der Waals surface area contributed by atoms with E-state index in [0.717, 1.165) is 18.4 Å². The average Bonchev–Trinajstić information content (AvgIpc) is 3.51. The number of carbonyl (C=O) groups is 3. The first-order valence-electron chi connectivity index (χ1n) is 9.07. The quantitative estimate of drug-likeness (QED) is 0.659. The topological polar surface area (TPSA) is 87.3 Å². The highest BCUT2D eigenvalue weighted by Gasteiger charge is 2.28. The first kappa shape index (κ1) is 18.6. The molecule has 1 fully saturated rings. The summed E-state index contributed by atoms with van der Waals surface area (Å²) in [4.78, 5) is 35.9. The van der Waals surface area contributed by atoms with Crippen LogP contribution in [0.15, 0.2) is 48.5 Å². The zero-order valence-electron chi connectivity index (χ0n) is 15.2. The maximum Gasteiger partial charge on any atom is 0.255 e. The second-order valence-electron chi connectivity index (χ2n) is 6.67. The summed E-state index contributed by atoms with van der Waals surface area (Å²) in [5.41, 5.74) is 2.64. The van der Waals surface area contributed by atoms with Gasteiger partial charge in [-0.15, -0.1) is 0 Å². The molecule has 6 heteroatoms. The summed E-state index contributed by atoms with van der Waals surface area (Å²) in [5, 5.41) is 8.40. The van der Waals surface area contributed by atoms with Gasteiger partial charge < -0.3 is 16.0 Å². The van der Waals surface area contributed by atoms with Crippen LogP contribution in [0.5, 0.6) is 0 Å². The van der Waals surface area contributed by atoms with E-state index in [1.54, 1.807) is 30.3 Å². The van der Waals surface area contributed by atoms with Crippen molar-refractivity contribution in [3.05, 3.63) is 65.2 Å². The van der Waals surface area contributed by atoms with Crippen molar-refractivity contribution >= 4 is 23.4 Å². The lowest BCUT2D eigenvalue weighted by molar-refractivity contribution is -0.122. The Morgan fingerprint density at radius 2 is 1.56 bits per heavy atom. The molecule has 3 rings (SSSR count). The first-order valence-corrected chi connectivity index (χ1v) is 9.07. The van der Waals surface area contributed by atoms with E-state index >= 15 is 0 Å². The summed E-state index contributed by atoms with van der Waals surface area (Å²) < 4.78 is 0. The van der Waals surface area contributed by atoms with Crippen LogP contribution in [-0.2, 0) is 4.79 Å². The second-order valence-corrected chi connectivity index (χ2v) is 6.67. The monoisotopic (exact) mass is 365 g/mol. The Morgan fingerprint density at radius 1 is 0.889 bits per heavy atom. The van der Waals surface area contributed by atoms with Gasteiger partial charge in [-0.25, -0.2) is 0 Å². The number of nitrogens with one attached hydrogen (secondary N) is 3. The molecule has 6 nitrogen and oxygen atoms in total. The van der Waals surface area contributed by atoms with Gasteiger partial charge in [-0.05, 0) is 55.7 Å². The Balaban J connectivity index is 1.47. The fourth-order valence-corrected chi connectivity index (χ4v) is 2.68. The molecule has 2 aromatic rings. The van der Waals surface area contributed by atoms with Gasteiger partial charge in [-0.2, -0.15) is 0 Å². The van der Waals surface area contributed by atoms with Crippen LogP contribution in [0, 0.1) is 12.8 Å². The molecule has 0 atom stereocenters. The van der Waals surface area contributed by atoms with Crippen LogP contribution in [0.4, 0.5) is 5.69 Å². The molecule has 0 aromatic heterocycles. The molecule has 0 unspecified atom stereocenters. The van der Waals surface area contributed by atoms with Gasteiger partial charge >= 0.3 is 0 Å². The first-order chi connectivity index (χ1) is 13.0. The van der Waals surface area contributed by atoms with Crippen LogP contribution in [0.1, 0.15) is 39.1 Å². The fraction of sp³-hybridized carbons (Fsp3) is 0.286. The Labute approximate surface area is 158 Å². The molecular formula is C21H23N3O3. The average molecular weight is 365 g/mol. The van der Waals surface area contributed by atoms with Crippen LogP contribution in [-0.4, -0.2) is 30.8 Å². The van der Waals surface area contributed by atoms with Gasteiger partial charge in [0.1, 0.15) is 0 Å². The summed E-state index contributed by atoms with van der Waals surface area (Å²) >= 11 is 0. The molecule has 140 valence electrons. The molecule has 0 bridgehead atoms. The van der Waals surface area contributed by atoms with Gasteiger partial charge in [-0.1, -0.05) is 18.2 Å².